The summed E-state index contributed by atoms with van der Waals surface area (Å²) in [6, 6.07) is 10.7. The Labute approximate surface area is 194 Å². The first-order valence-corrected chi connectivity index (χ1v) is 10.8. The molecule has 3 aromatic heterocycles. The number of pyridine rings is 1. The largest absolute Gasteiger partial charge is 0.397 e. The Morgan fingerprint density at radius 3 is 2.66 bits per heavy atom. The number of ether oxygens (including phenoxy) is 1. The molecule has 0 aliphatic heterocycles. The van der Waals surface area contributed by atoms with Crippen LogP contribution in [0.2, 0.25) is 10.0 Å². The van der Waals surface area contributed by atoms with Crippen LogP contribution in [0.1, 0.15) is 12.7 Å². The highest BCUT2D eigenvalue weighted by Crippen LogP contribution is 2.30. The topological polar surface area (TPSA) is 115 Å². The van der Waals surface area contributed by atoms with Gasteiger partial charge in [-0.1, -0.05) is 23.2 Å². The lowest BCUT2D eigenvalue weighted by Crippen LogP contribution is -2.17. The van der Waals surface area contributed by atoms with Crippen LogP contribution in [0.15, 0.2) is 42.6 Å². The van der Waals surface area contributed by atoms with Gasteiger partial charge in [0.05, 0.1) is 22.6 Å². The van der Waals surface area contributed by atoms with E-state index in [0.29, 0.717) is 65.1 Å². The van der Waals surface area contributed by atoms with Crippen molar-refractivity contribution in [3.63, 3.8) is 0 Å². The maximum atomic E-state index is 6.41. The quantitative estimate of drug-likeness (QED) is 0.311. The van der Waals surface area contributed by atoms with Crippen molar-refractivity contribution in [2.45, 2.75) is 13.5 Å². The lowest BCUT2D eigenvalue weighted by atomic mass is 10.1. The molecule has 0 aliphatic rings. The number of hydrogen-bond acceptors (Lipinski definition) is 8. The van der Waals surface area contributed by atoms with Crippen molar-refractivity contribution in [1.82, 2.24) is 24.6 Å². The SMILES string of the molecule is CCOCc1nc2cc(-c3ccc(Cl)cc3Cl)nc(NCCNc3ccc(N)cn3)n2n1. The Morgan fingerprint density at radius 2 is 1.91 bits per heavy atom. The van der Waals surface area contributed by atoms with E-state index in [1.54, 1.807) is 28.9 Å². The highest BCUT2D eigenvalue weighted by atomic mass is 35.5. The third-order valence-corrected chi connectivity index (χ3v) is 5.06. The number of fused-ring (bicyclic) bond motifs is 1. The first-order chi connectivity index (χ1) is 15.5. The van der Waals surface area contributed by atoms with Gasteiger partial charge in [-0.15, -0.1) is 5.10 Å². The summed E-state index contributed by atoms with van der Waals surface area (Å²) in [5.41, 5.74) is 8.33. The standard InChI is InChI=1S/C21H22Cl2N8O/c1-2-32-12-19-29-20-10-17(15-5-3-13(22)9-16(15)23)28-21(31(20)30-19)26-8-7-25-18-6-4-14(24)11-27-18/h3-6,9-11H,2,7-8,12,24H2,1H3,(H,25,27)(H,26,28). The molecule has 0 saturated carbocycles. The van der Waals surface area contributed by atoms with Crippen LogP contribution in [0.4, 0.5) is 17.5 Å². The monoisotopic (exact) mass is 472 g/mol. The zero-order chi connectivity index (χ0) is 22.5. The minimum absolute atomic E-state index is 0.318. The van der Waals surface area contributed by atoms with Crippen LogP contribution in [-0.2, 0) is 11.3 Å². The molecule has 0 unspecified atom stereocenters. The van der Waals surface area contributed by atoms with Crippen LogP contribution >= 0.6 is 23.2 Å². The molecule has 166 valence electrons. The van der Waals surface area contributed by atoms with E-state index in [4.69, 9.17) is 38.7 Å². The molecule has 1 aromatic carbocycles. The van der Waals surface area contributed by atoms with Gasteiger partial charge in [-0.3, -0.25) is 0 Å². The van der Waals surface area contributed by atoms with Crippen molar-refractivity contribution in [2.75, 3.05) is 36.1 Å². The molecule has 0 bridgehead atoms. The number of nitrogen functional groups attached to an aromatic ring is 1. The molecular formula is C21H22Cl2N8O. The lowest BCUT2D eigenvalue weighted by Gasteiger charge is -2.11. The number of halogens is 2. The number of rotatable bonds is 9. The summed E-state index contributed by atoms with van der Waals surface area (Å²) in [5.74, 6) is 1.84. The van der Waals surface area contributed by atoms with E-state index in [-0.39, 0.29) is 0 Å². The van der Waals surface area contributed by atoms with Crippen LogP contribution in [0.3, 0.4) is 0 Å². The summed E-state index contributed by atoms with van der Waals surface area (Å²) in [7, 11) is 0. The summed E-state index contributed by atoms with van der Waals surface area (Å²) >= 11 is 12.5. The lowest BCUT2D eigenvalue weighted by molar-refractivity contribution is 0.128. The van der Waals surface area contributed by atoms with E-state index >= 15 is 0 Å². The molecule has 9 nitrogen and oxygen atoms in total. The first kappa shape index (κ1) is 22.1. The average Bonchev–Trinajstić information content (AvgIpc) is 3.19. The third kappa shape index (κ3) is 5.18. The maximum Gasteiger partial charge on any atom is 0.226 e. The Hall–Kier alpha value is -3.14. The van der Waals surface area contributed by atoms with Gasteiger partial charge in [0, 0.05) is 36.3 Å². The second-order valence-corrected chi connectivity index (χ2v) is 7.70. The molecule has 0 radical (unpaired) electrons. The third-order valence-electron chi connectivity index (χ3n) is 4.51. The Balaban J connectivity index is 1.59. The van der Waals surface area contributed by atoms with Gasteiger partial charge in [0.2, 0.25) is 5.95 Å². The highest BCUT2D eigenvalue weighted by Gasteiger charge is 2.14. The molecule has 32 heavy (non-hydrogen) atoms. The number of hydrogen-bond donors (Lipinski definition) is 3. The van der Waals surface area contributed by atoms with Gasteiger partial charge in [0.15, 0.2) is 11.5 Å². The molecular weight excluding hydrogens is 451 g/mol. The van der Waals surface area contributed by atoms with Crippen molar-refractivity contribution < 1.29 is 4.74 Å². The number of aromatic nitrogens is 5. The molecule has 0 saturated heterocycles. The van der Waals surface area contributed by atoms with Crippen molar-refractivity contribution in [3.05, 3.63) is 58.5 Å². The van der Waals surface area contributed by atoms with Crippen LogP contribution in [-0.4, -0.2) is 44.3 Å². The van der Waals surface area contributed by atoms with Gasteiger partial charge in [0.25, 0.3) is 0 Å². The summed E-state index contributed by atoms with van der Waals surface area (Å²) in [6.07, 6.45) is 1.61. The molecule has 0 atom stereocenters. The van der Waals surface area contributed by atoms with Crippen LogP contribution < -0.4 is 16.4 Å². The minimum Gasteiger partial charge on any atom is -0.397 e. The molecule has 3 heterocycles. The maximum absolute atomic E-state index is 6.41. The summed E-state index contributed by atoms with van der Waals surface area (Å²) in [6.45, 7) is 3.99. The molecule has 0 aliphatic carbocycles. The summed E-state index contributed by atoms with van der Waals surface area (Å²) < 4.78 is 7.11. The zero-order valence-electron chi connectivity index (χ0n) is 17.3. The summed E-state index contributed by atoms with van der Waals surface area (Å²) in [4.78, 5) is 13.5. The second kappa shape index (κ2) is 9.99. The van der Waals surface area contributed by atoms with Crippen LogP contribution in [0, 0.1) is 0 Å². The second-order valence-electron chi connectivity index (χ2n) is 6.85. The van der Waals surface area contributed by atoms with Crippen molar-refractivity contribution in [2.24, 2.45) is 0 Å². The van der Waals surface area contributed by atoms with Gasteiger partial charge in [-0.05, 0) is 37.3 Å². The number of benzene rings is 1. The van der Waals surface area contributed by atoms with Crippen molar-refractivity contribution >= 4 is 46.3 Å². The van der Waals surface area contributed by atoms with Gasteiger partial charge >= 0.3 is 0 Å². The number of nitrogens with one attached hydrogen (secondary N) is 2. The molecule has 0 amide bonds. The summed E-state index contributed by atoms with van der Waals surface area (Å²) in [5, 5.41) is 12.1. The fourth-order valence-corrected chi connectivity index (χ4v) is 3.52. The Kier molecular flexibility index (Phi) is 6.89. The van der Waals surface area contributed by atoms with E-state index in [1.165, 1.54) is 0 Å². The fourth-order valence-electron chi connectivity index (χ4n) is 3.01. The van der Waals surface area contributed by atoms with E-state index < -0.39 is 0 Å². The Bertz CT molecular complexity index is 1210. The van der Waals surface area contributed by atoms with E-state index in [9.17, 15) is 0 Å². The van der Waals surface area contributed by atoms with Crippen LogP contribution in [0.25, 0.3) is 16.9 Å². The number of anilines is 3. The molecule has 4 rings (SSSR count). The first-order valence-electron chi connectivity index (χ1n) is 10.0. The molecule has 0 fully saturated rings. The Morgan fingerprint density at radius 1 is 1.06 bits per heavy atom. The minimum atomic E-state index is 0.318. The predicted molar refractivity (Wildman–Crippen MR) is 127 cm³/mol. The molecule has 4 N–H and O–H groups in total. The van der Waals surface area contributed by atoms with E-state index in [1.807, 2.05) is 25.1 Å². The van der Waals surface area contributed by atoms with E-state index in [2.05, 4.69) is 25.7 Å². The van der Waals surface area contributed by atoms with Gasteiger partial charge < -0.3 is 21.1 Å². The predicted octanol–water partition coefficient (Wildman–Crippen LogP) is 4.14. The van der Waals surface area contributed by atoms with Crippen LogP contribution in [0.5, 0.6) is 0 Å². The molecule has 0 spiro atoms. The smallest absolute Gasteiger partial charge is 0.226 e. The highest BCUT2D eigenvalue weighted by molar-refractivity contribution is 6.36. The molecule has 11 heteroatoms. The van der Waals surface area contributed by atoms with Crippen molar-refractivity contribution in [3.8, 4) is 11.3 Å². The van der Waals surface area contributed by atoms with Gasteiger partial charge in [-0.2, -0.15) is 4.52 Å². The average molecular weight is 473 g/mol. The molecule has 4 aromatic rings. The van der Waals surface area contributed by atoms with Crippen molar-refractivity contribution in [1.29, 1.82) is 0 Å². The van der Waals surface area contributed by atoms with Gasteiger partial charge in [0.1, 0.15) is 12.4 Å². The number of nitrogens with two attached hydrogens (primary N) is 1. The fraction of sp³-hybridized carbons (Fsp3) is 0.238. The van der Waals surface area contributed by atoms with Gasteiger partial charge in [-0.25, -0.2) is 15.0 Å². The normalized spacial score (nSPS) is 11.1. The number of nitrogens with zero attached hydrogens (tertiary/aromatic N) is 5. The zero-order valence-corrected chi connectivity index (χ0v) is 18.9. The van der Waals surface area contributed by atoms with E-state index in [0.717, 1.165) is 11.4 Å².